The number of carbonyl (C=O) groups excluding carboxylic acids is 4. The number of carbonyl (C=O) groups is 4. The normalized spacial score (nSPS) is 21.9. The molecular formula is C38H55F2N7O12P2S3. The van der Waals surface area contributed by atoms with Crippen LogP contribution in [0.1, 0.15) is 73.6 Å². The fraction of sp³-hybridized carbons (Fsp3) is 0.579. The molecule has 356 valence electrons. The first-order valence-electron chi connectivity index (χ1n) is 20.5. The maximum atomic E-state index is 13.1. The van der Waals surface area contributed by atoms with Crippen LogP contribution in [0.3, 0.4) is 0 Å². The van der Waals surface area contributed by atoms with E-state index in [2.05, 4.69) is 52.4 Å². The third-order valence-electron chi connectivity index (χ3n) is 10.4. The lowest BCUT2D eigenvalue weighted by molar-refractivity contribution is -0.121. The Kier molecular flexibility index (Phi) is 21.6. The average Bonchev–Trinajstić information content (AvgIpc) is 4.00. The second-order valence-corrected chi connectivity index (χ2v) is 20.2. The van der Waals surface area contributed by atoms with Crippen molar-refractivity contribution in [2.75, 3.05) is 24.6 Å². The number of alkyl halides is 2. The van der Waals surface area contributed by atoms with Gasteiger partial charge in [0.05, 0.1) is 24.2 Å². The van der Waals surface area contributed by atoms with Crippen molar-refractivity contribution in [3.8, 4) is 11.5 Å². The van der Waals surface area contributed by atoms with Gasteiger partial charge < -0.3 is 41.4 Å². The summed E-state index contributed by atoms with van der Waals surface area (Å²) in [6.07, 6.45) is 7.36. The predicted octanol–water partition coefficient (Wildman–Crippen LogP) is 4.11. The minimum Gasteiger partial charge on any atom is -0.404 e. The molecule has 4 aliphatic heterocycles. The molecule has 6 atom stereocenters. The third kappa shape index (κ3) is 18.1. The Morgan fingerprint density at radius 3 is 1.67 bits per heavy atom. The molecular weight excluding hydrogens is 943 g/mol. The Morgan fingerprint density at radius 1 is 0.766 bits per heavy atom. The number of nitrogens with zero attached hydrogens (tertiary/aromatic N) is 1. The Balaban J connectivity index is 0.000000230. The summed E-state index contributed by atoms with van der Waals surface area (Å²) in [5, 5.41) is 15.4. The van der Waals surface area contributed by atoms with Crippen LogP contribution in [0.25, 0.3) is 0 Å². The number of nitrogens with two attached hydrogens (primary N) is 1. The zero-order chi connectivity index (χ0) is 46.9. The highest BCUT2D eigenvalue weighted by molar-refractivity contribution is 8.00. The zero-order valence-corrected chi connectivity index (χ0v) is 38.9. The van der Waals surface area contributed by atoms with Crippen LogP contribution in [0.2, 0.25) is 0 Å². The monoisotopic (exact) mass is 997 g/mol. The first kappa shape index (κ1) is 53.2. The van der Waals surface area contributed by atoms with Crippen LogP contribution in [0, 0.1) is 0 Å². The van der Waals surface area contributed by atoms with Crippen LogP contribution in [-0.2, 0) is 57.3 Å². The second-order valence-electron chi connectivity index (χ2n) is 15.2. The first-order chi connectivity index (χ1) is 30.4. The lowest BCUT2D eigenvalue weighted by Gasteiger charge is -2.16. The van der Waals surface area contributed by atoms with Gasteiger partial charge in [-0.05, 0) is 80.5 Å². The molecule has 19 nitrogen and oxygen atoms in total. The van der Waals surface area contributed by atoms with E-state index in [4.69, 9.17) is 25.3 Å². The van der Waals surface area contributed by atoms with Crippen molar-refractivity contribution in [3.05, 3.63) is 58.7 Å². The highest BCUT2D eigenvalue weighted by Gasteiger charge is 2.43. The Bertz CT molecular complexity index is 2020. The maximum absolute atomic E-state index is 13.1. The van der Waals surface area contributed by atoms with Gasteiger partial charge in [-0.15, -0.1) is 4.36 Å². The number of halogens is 2. The fourth-order valence-electron chi connectivity index (χ4n) is 7.41. The highest BCUT2D eigenvalue weighted by atomic mass is 32.2. The number of hydrogen-bond acceptors (Lipinski definition) is 12. The van der Waals surface area contributed by atoms with Crippen molar-refractivity contribution in [2.45, 2.75) is 112 Å². The van der Waals surface area contributed by atoms with Gasteiger partial charge in [-0.2, -0.15) is 23.5 Å². The van der Waals surface area contributed by atoms with Gasteiger partial charge in [0.25, 0.3) is 5.91 Å². The molecule has 4 saturated heterocycles. The van der Waals surface area contributed by atoms with Crippen LogP contribution in [0.15, 0.2) is 40.8 Å². The molecule has 4 fully saturated rings. The number of unbranched alkanes of at least 4 members (excludes halogenated alkanes) is 2. The average molecular weight is 998 g/mol. The number of benzene rings is 2. The Labute approximate surface area is 383 Å². The molecule has 2 aromatic carbocycles. The van der Waals surface area contributed by atoms with E-state index in [0.29, 0.717) is 49.3 Å². The number of amides is 6. The Morgan fingerprint density at radius 2 is 1.23 bits per heavy atom. The van der Waals surface area contributed by atoms with E-state index < -0.39 is 29.0 Å². The summed E-state index contributed by atoms with van der Waals surface area (Å²) in [4.78, 5) is 80.4. The van der Waals surface area contributed by atoms with Crippen molar-refractivity contribution in [2.24, 2.45) is 10.1 Å². The Hall–Kier alpha value is -3.44. The van der Waals surface area contributed by atoms with Crippen LogP contribution in [-0.4, -0.2) is 103 Å². The molecule has 6 amide bonds. The molecule has 64 heavy (non-hydrogen) atoms. The molecule has 2 aromatic rings. The minimum absolute atomic E-state index is 0.0489. The van der Waals surface area contributed by atoms with Gasteiger partial charge in [-0.3, -0.25) is 29.2 Å². The van der Waals surface area contributed by atoms with Crippen molar-refractivity contribution in [3.63, 3.8) is 0 Å². The minimum atomic E-state index is -4.75. The molecule has 0 spiro atoms. The van der Waals surface area contributed by atoms with Crippen molar-refractivity contribution in [1.29, 1.82) is 0 Å². The molecule has 11 N–H and O–H groups in total. The number of phosphoric ester groups is 2. The van der Waals surface area contributed by atoms with E-state index in [0.717, 1.165) is 61.2 Å². The first-order valence-corrected chi connectivity index (χ1v) is 26.0. The largest absolute Gasteiger partial charge is 0.524 e. The summed E-state index contributed by atoms with van der Waals surface area (Å²) in [6.45, 7) is -0.975. The number of hydrogen-bond donors (Lipinski definition) is 10. The quantitative estimate of drug-likeness (QED) is 0.0478. The lowest BCUT2D eigenvalue weighted by Crippen LogP contribution is -2.36. The molecule has 0 bridgehead atoms. The van der Waals surface area contributed by atoms with E-state index in [9.17, 15) is 37.1 Å². The molecule has 0 aromatic heterocycles. The van der Waals surface area contributed by atoms with E-state index in [1.165, 1.54) is 24.3 Å². The predicted molar refractivity (Wildman–Crippen MR) is 240 cm³/mol. The molecule has 0 aliphatic carbocycles. The number of phosphoric acid groups is 2. The summed E-state index contributed by atoms with van der Waals surface area (Å²) in [5.74, 6) is 1.31. The number of urea groups is 2. The number of thioether (sulfide) groups is 2. The van der Waals surface area contributed by atoms with Gasteiger partial charge in [0, 0.05) is 64.9 Å². The molecule has 6 unspecified atom stereocenters. The van der Waals surface area contributed by atoms with Gasteiger partial charge >= 0.3 is 27.7 Å². The standard InChI is InChI=1S/C19H27FN3O6PS.C10H15N3O2S2.C9H13FNO4P/c20-10-13-9-12(5-6-15(13)29-30(26,27)28)7-8-21-17(24)4-2-1-3-16-18-14(11-31-16)22-19(25)23-18;14-8(13-16)4-2-1-3-7-9-6(5-17-7)11-10(15)12-9;10-6-8-5-7(3-4-11)1-2-9(8)15-16(12,13)14/h5-6,9,14,16,18H,1-4,7-8,10-11H2,(H,21,24)(H2,22,23,25)(H2,26,27,28);6-7,9H,1-5H2,(H2,11,12,15);1-2,5H,3-4,6,11H2,(H2,12,13,14). The smallest absolute Gasteiger partial charge is 0.404 e. The second kappa shape index (κ2) is 26.0. The third-order valence-corrected chi connectivity index (χ3v) is 14.5. The number of nitrogens with one attached hydrogen (secondary N) is 5. The van der Waals surface area contributed by atoms with Gasteiger partial charge in [-0.1, -0.05) is 25.0 Å². The topological polar surface area (TPSA) is 300 Å². The van der Waals surface area contributed by atoms with E-state index in [-0.39, 0.29) is 70.7 Å². The molecule has 0 radical (unpaired) electrons. The zero-order valence-electron chi connectivity index (χ0n) is 34.7. The highest BCUT2D eigenvalue weighted by Crippen LogP contribution is 2.41. The number of fused-ring (bicyclic) bond motifs is 2. The van der Waals surface area contributed by atoms with Crippen molar-refractivity contribution in [1.82, 2.24) is 26.6 Å². The molecule has 26 heteroatoms. The van der Waals surface area contributed by atoms with Crippen LogP contribution < -0.4 is 41.4 Å². The lowest BCUT2D eigenvalue weighted by atomic mass is 10.0. The van der Waals surface area contributed by atoms with Gasteiger partial charge in [-0.25, -0.2) is 27.5 Å². The summed E-state index contributed by atoms with van der Waals surface area (Å²) in [7, 11) is -9.40. The van der Waals surface area contributed by atoms with Gasteiger partial charge in [0.15, 0.2) is 0 Å². The van der Waals surface area contributed by atoms with Crippen molar-refractivity contribution >= 4 is 75.5 Å². The molecule has 4 heterocycles. The van der Waals surface area contributed by atoms with E-state index in [1.54, 1.807) is 12.1 Å². The summed E-state index contributed by atoms with van der Waals surface area (Å²) >= 11 is 8.07. The summed E-state index contributed by atoms with van der Waals surface area (Å²) in [6, 6.07) is 9.56. The maximum Gasteiger partial charge on any atom is 0.524 e. The number of rotatable bonds is 21. The van der Waals surface area contributed by atoms with E-state index in [1.807, 2.05) is 23.5 Å². The fourth-order valence-corrected chi connectivity index (χ4v) is 11.5. The SMILES string of the molecule is NCCc1ccc(OP(=O)(O)O)c(CF)c1.O=C(CCCCC1SCC2NC(=O)NC21)N=S.O=C(CCCCC1SCC2NC(=O)NC21)NCCc1ccc(OP(=O)(O)O)c(CF)c1. The van der Waals surface area contributed by atoms with Crippen LogP contribution in [0.5, 0.6) is 11.5 Å². The molecule has 0 saturated carbocycles. The molecule has 6 rings (SSSR count). The van der Waals surface area contributed by atoms with Crippen molar-refractivity contribution < 1.29 is 65.7 Å². The molecule has 4 aliphatic rings. The van der Waals surface area contributed by atoms with Crippen LogP contribution in [0.4, 0.5) is 18.4 Å². The van der Waals surface area contributed by atoms with E-state index >= 15 is 0 Å². The van der Waals surface area contributed by atoms with Crippen LogP contribution >= 0.6 is 39.2 Å². The summed E-state index contributed by atoms with van der Waals surface area (Å²) in [5.41, 5.74) is 7.02. The van der Waals surface area contributed by atoms with Gasteiger partial charge in [0.2, 0.25) is 5.91 Å². The van der Waals surface area contributed by atoms with Gasteiger partial charge in [0.1, 0.15) is 24.8 Å². The summed E-state index contributed by atoms with van der Waals surface area (Å²) < 4.78 is 59.3.